The maximum Gasteiger partial charge on any atom is 0.257 e. The third-order valence-electron chi connectivity index (χ3n) is 2.68. The molecule has 2 N–H and O–H groups in total. The van der Waals surface area contributed by atoms with E-state index in [-0.39, 0.29) is 5.91 Å². The molecule has 0 aliphatic heterocycles. The fraction of sp³-hybridized carbons (Fsp3) is 0.545. The standard InChI is InChI=1S/C11H18N2OS/c1-5-13(6-2)11(14)9-7(3)8(4)15-10(9)12/h5-6,12H2,1-4H3. The zero-order valence-electron chi connectivity index (χ0n) is 9.76. The first kappa shape index (κ1) is 12.0. The van der Waals surface area contributed by atoms with E-state index in [2.05, 4.69) is 0 Å². The number of anilines is 1. The van der Waals surface area contributed by atoms with Gasteiger partial charge in [0.05, 0.1) is 10.6 Å². The van der Waals surface area contributed by atoms with Crippen molar-refractivity contribution in [2.75, 3.05) is 18.8 Å². The molecule has 0 spiro atoms. The van der Waals surface area contributed by atoms with Crippen molar-refractivity contribution in [3.05, 3.63) is 16.0 Å². The quantitative estimate of drug-likeness (QED) is 0.860. The Labute approximate surface area is 94.9 Å². The maximum atomic E-state index is 12.1. The summed E-state index contributed by atoms with van der Waals surface area (Å²) >= 11 is 1.49. The van der Waals surface area contributed by atoms with Crippen molar-refractivity contribution < 1.29 is 4.79 Å². The second-order valence-electron chi connectivity index (χ2n) is 3.50. The molecule has 0 aliphatic carbocycles. The van der Waals surface area contributed by atoms with Crippen LogP contribution in [0.3, 0.4) is 0 Å². The van der Waals surface area contributed by atoms with Crippen LogP contribution in [0, 0.1) is 13.8 Å². The van der Waals surface area contributed by atoms with E-state index in [1.54, 1.807) is 4.90 Å². The minimum atomic E-state index is 0.0550. The molecule has 1 rings (SSSR count). The van der Waals surface area contributed by atoms with Gasteiger partial charge in [0.25, 0.3) is 5.91 Å². The van der Waals surface area contributed by atoms with Crippen LogP contribution in [0.5, 0.6) is 0 Å². The molecule has 15 heavy (non-hydrogen) atoms. The summed E-state index contributed by atoms with van der Waals surface area (Å²) in [6.45, 7) is 9.36. The molecule has 0 fully saturated rings. The third-order valence-corrected chi connectivity index (χ3v) is 3.71. The minimum Gasteiger partial charge on any atom is -0.390 e. The Balaban J connectivity index is 3.10. The summed E-state index contributed by atoms with van der Waals surface area (Å²) in [4.78, 5) is 15.0. The van der Waals surface area contributed by atoms with Gasteiger partial charge in [0.15, 0.2) is 0 Å². The molecule has 0 atom stereocenters. The Morgan fingerprint density at radius 1 is 1.33 bits per heavy atom. The van der Waals surface area contributed by atoms with Gasteiger partial charge in [0.2, 0.25) is 0 Å². The molecule has 0 aliphatic rings. The van der Waals surface area contributed by atoms with Gasteiger partial charge in [-0.25, -0.2) is 0 Å². The van der Waals surface area contributed by atoms with Crippen LogP contribution in [-0.2, 0) is 0 Å². The van der Waals surface area contributed by atoms with Crippen LogP contribution >= 0.6 is 11.3 Å². The average molecular weight is 226 g/mol. The molecule has 0 bridgehead atoms. The summed E-state index contributed by atoms with van der Waals surface area (Å²) in [5.74, 6) is 0.0550. The fourth-order valence-corrected chi connectivity index (χ4v) is 2.52. The second-order valence-corrected chi connectivity index (χ2v) is 4.76. The molecule has 3 nitrogen and oxygen atoms in total. The number of nitrogen functional groups attached to an aromatic ring is 1. The topological polar surface area (TPSA) is 46.3 Å². The number of rotatable bonds is 3. The Hall–Kier alpha value is -1.03. The van der Waals surface area contributed by atoms with Gasteiger partial charge in [0, 0.05) is 18.0 Å². The molecule has 0 unspecified atom stereocenters. The number of hydrogen-bond acceptors (Lipinski definition) is 3. The minimum absolute atomic E-state index is 0.0550. The lowest BCUT2D eigenvalue weighted by molar-refractivity contribution is 0.0774. The molecular weight excluding hydrogens is 208 g/mol. The van der Waals surface area contributed by atoms with Gasteiger partial charge in [-0.3, -0.25) is 4.79 Å². The number of nitrogens with two attached hydrogens (primary N) is 1. The molecule has 4 heteroatoms. The van der Waals surface area contributed by atoms with E-state index in [1.807, 2.05) is 27.7 Å². The largest absolute Gasteiger partial charge is 0.390 e. The molecule has 1 aromatic rings. The highest BCUT2D eigenvalue weighted by Crippen LogP contribution is 2.30. The fourth-order valence-electron chi connectivity index (χ4n) is 1.59. The number of hydrogen-bond donors (Lipinski definition) is 1. The van der Waals surface area contributed by atoms with Gasteiger partial charge < -0.3 is 10.6 Å². The first-order valence-electron chi connectivity index (χ1n) is 5.17. The summed E-state index contributed by atoms with van der Waals surface area (Å²) in [5, 5.41) is 0.641. The highest BCUT2D eigenvalue weighted by molar-refractivity contribution is 7.16. The van der Waals surface area contributed by atoms with Crippen LogP contribution in [-0.4, -0.2) is 23.9 Å². The Morgan fingerprint density at radius 2 is 1.87 bits per heavy atom. The molecule has 1 heterocycles. The summed E-state index contributed by atoms with van der Waals surface area (Å²) in [5.41, 5.74) is 7.58. The van der Waals surface area contributed by atoms with Crippen LogP contribution in [0.2, 0.25) is 0 Å². The zero-order chi connectivity index (χ0) is 11.6. The highest BCUT2D eigenvalue weighted by atomic mass is 32.1. The van der Waals surface area contributed by atoms with Crippen molar-refractivity contribution in [1.82, 2.24) is 4.90 Å². The van der Waals surface area contributed by atoms with Gasteiger partial charge in [-0.1, -0.05) is 0 Å². The summed E-state index contributed by atoms with van der Waals surface area (Å²) in [7, 11) is 0. The molecule has 0 aromatic carbocycles. The Morgan fingerprint density at radius 3 is 2.20 bits per heavy atom. The number of carbonyl (C=O) groups is 1. The lowest BCUT2D eigenvalue weighted by atomic mass is 10.1. The number of thiophene rings is 1. The van der Waals surface area contributed by atoms with Gasteiger partial charge in [-0.15, -0.1) is 11.3 Å². The van der Waals surface area contributed by atoms with Crippen LogP contribution < -0.4 is 5.73 Å². The number of carbonyl (C=O) groups excluding carboxylic acids is 1. The van der Waals surface area contributed by atoms with Crippen LogP contribution in [0.1, 0.15) is 34.6 Å². The zero-order valence-corrected chi connectivity index (χ0v) is 10.6. The molecular formula is C11H18N2OS. The average Bonchev–Trinajstić information content (AvgIpc) is 2.43. The van der Waals surface area contributed by atoms with Crippen molar-refractivity contribution >= 4 is 22.2 Å². The molecule has 0 radical (unpaired) electrons. The summed E-state index contributed by atoms with van der Waals surface area (Å²) in [6, 6.07) is 0. The normalized spacial score (nSPS) is 10.4. The summed E-state index contributed by atoms with van der Waals surface area (Å²) in [6.07, 6.45) is 0. The van der Waals surface area contributed by atoms with Crippen LogP contribution in [0.25, 0.3) is 0 Å². The summed E-state index contributed by atoms with van der Waals surface area (Å²) < 4.78 is 0. The second kappa shape index (κ2) is 4.66. The van der Waals surface area contributed by atoms with E-state index in [0.29, 0.717) is 10.6 Å². The first-order chi connectivity index (χ1) is 7.02. The van der Waals surface area contributed by atoms with E-state index in [9.17, 15) is 4.79 Å². The van der Waals surface area contributed by atoms with E-state index in [1.165, 1.54) is 11.3 Å². The number of nitrogens with zero attached hydrogens (tertiary/aromatic N) is 1. The molecule has 0 saturated carbocycles. The number of amides is 1. The smallest absolute Gasteiger partial charge is 0.257 e. The van der Waals surface area contributed by atoms with Gasteiger partial charge in [-0.2, -0.15) is 0 Å². The predicted molar refractivity (Wildman–Crippen MR) is 65.5 cm³/mol. The van der Waals surface area contributed by atoms with Crippen molar-refractivity contribution in [2.24, 2.45) is 0 Å². The lowest BCUT2D eigenvalue weighted by Crippen LogP contribution is -2.31. The van der Waals surface area contributed by atoms with Crippen LogP contribution in [0.15, 0.2) is 0 Å². The van der Waals surface area contributed by atoms with Crippen LogP contribution in [0.4, 0.5) is 5.00 Å². The lowest BCUT2D eigenvalue weighted by Gasteiger charge is -2.18. The van der Waals surface area contributed by atoms with Gasteiger partial charge in [-0.05, 0) is 33.3 Å². The molecule has 0 saturated heterocycles. The molecule has 84 valence electrons. The highest BCUT2D eigenvalue weighted by Gasteiger charge is 2.20. The van der Waals surface area contributed by atoms with E-state index in [4.69, 9.17) is 5.73 Å². The SMILES string of the molecule is CCN(CC)C(=O)c1c(N)sc(C)c1C. The Kier molecular flexibility index (Phi) is 3.74. The van der Waals surface area contributed by atoms with E-state index >= 15 is 0 Å². The predicted octanol–water partition coefficient (Wildman–Crippen LogP) is 2.43. The third kappa shape index (κ3) is 2.15. The van der Waals surface area contributed by atoms with Gasteiger partial charge >= 0.3 is 0 Å². The van der Waals surface area contributed by atoms with Crippen molar-refractivity contribution in [3.8, 4) is 0 Å². The Bertz CT molecular complexity index is 367. The van der Waals surface area contributed by atoms with Crippen molar-refractivity contribution in [2.45, 2.75) is 27.7 Å². The maximum absolute atomic E-state index is 12.1. The number of aryl methyl sites for hydroxylation is 1. The molecule has 1 amide bonds. The van der Waals surface area contributed by atoms with Crippen molar-refractivity contribution in [1.29, 1.82) is 0 Å². The van der Waals surface area contributed by atoms with E-state index in [0.717, 1.165) is 23.5 Å². The van der Waals surface area contributed by atoms with E-state index < -0.39 is 0 Å². The first-order valence-corrected chi connectivity index (χ1v) is 5.99. The molecule has 1 aromatic heterocycles. The monoisotopic (exact) mass is 226 g/mol. The van der Waals surface area contributed by atoms with Crippen molar-refractivity contribution in [3.63, 3.8) is 0 Å². The van der Waals surface area contributed by atoms with Gasteiger partial charge in [0.1, 0.15) is 0 Å².